The molecule has 0 aliphatic heterocycles. The molecule has 0 aliphatic rings. The van der Waals surface area contributed by atoms with Gasteiger partial charge in [-0.05, 0) is 13.1 Å². The Balaban J connectivity index is 3.19. The first-order valence-corrected chi connectivity index (χ1v) is 4.96. The third kappa shape index (κ3) is 2.68. The van der Waals surface area contributed by atoms with Crippen LogP contribution in [0.1, 0.15) is 11.7 Å². The Morgan fingerprint density at radius 2 is 1.88 bits per heavy atom. The van der Waals surface area contributed by atoms with Gasteiger partial charge in [-0.15, -0.1) is 0 Å². The summed E-state index contributed by atoms with van der Waals surface area (Å²) >= 11 is 0. The molecule has 1 rings (SSSR count). The summed E-state index contributed by atoms with van der Waals surface area (Å²) in [6.07, 6.45) is -0.863. The zero-order valence-corrected chi connectivity index (χ0v) is 9.59. The Hall–Kier alpha value is -1.20. The van der Waals surface area contributed by atoms with E-state index >= 15 is 0 Å². The SMILES string of the molecule is CNCC(O)c1cc(F)c(F)cc1N(C)C. The third-order valence-corrected chi connectivity index (χ3v) is 2.31. The van der Waals surface area contributed by atoms with E-state index in [2.05, 4.69) is 5.32 Å². The largest absolute Gasteiger partial charge is 0.387 e. The van der Waals surface area contributed by atoms with Crippen LogP contribution in [0.3, 0.4) is 0 Å². The molecule has 2 N–H and O–H groups in total. The number of aliphatic hydroxyl groups excluding tert-OH is 1. The van der Waals surface area contributed by atoms with Gasteiger partial charge in [-0.1, -0.05) is 0 Å². The summed E-state index contributed by atoms with van der Waals surface area (Å²) in [7, 11) is 5.10. The van der Waals surface area contributed by atoms with E-state index in [1.54, 1.807) is 26.0 Å². The van der Waals surface area contributed by atoms with E-state index in [1.807, 2.05) is 0 Å². The van der Waals surface area contributed by atoms with Crippen LogP contribution in [-0.2, 0) is 0 Å². The van der Waals surface area contributed by atoms with Crippen LogP contribution in [0.5, 0.6) is 0 Å². The molecule has 0 heterocycles. The van der Waals surface area contributed by atoms with Gasteiger partial charge in [-0.25, -0.2) is 8.78 Å². The maximum absolute atomic E-state index is 13.1. The third-order valence-electron chi connectivity index (χ3n) is 2.31. The number of benzene rings is 1. The van der Waals surface area contributed by atoms with Crippen LogP contribution >= 0.6 is 0 Å². The lowest BCUT2D eigenvalue weighted by Gasteiger charge is -2.21. The molecule has 0 saturated heterocycles. The van der Waals surface area contributed by atoms with Gasteiger partial charge in [-0.2, -0.15) is 0 Å². The van der Waals surface area contributed by atoms with Gasteiger partial charge in [0.2, 0.25) is 0 Å². The number of nitrogens with one attached hydrogen (secondary N) is 1. The number of aliphatic hydroxyl groups is 1. The van der Waals surface area contributed by atoms with Crippen molar-refractivity contribution in [1.82, 2.24) is 5.32 Å². The van der Waals surface area contributed by atoms with Crippen LogP contribution in [0.25, 0.3) is 0 Å². The first-order chi connectivity index (χ1) is 7.47. The van der Waals surface area contributed by atoms with Gasteiger partial charge >= 0.3 is 0 Å². The smallest absolute Gasteiger partial charge is 0.160 e. The van der Waals surface area contributed by atoms with Crippen molar-refractivity contribution >= 4 is 5.69 Å². The molecule has 3 nitrogen and oxygen atoms in total. The van der Waals surface area contributed by atoms with Crippen molar-refractivity contribution in [2.75, 3.05) is 32.6 Å². The molecule has 0 spiro atoms. The molecule has 1 aromatic rings. The molecule has 1 atom stereocenters. The van der Waals surface area contributed by atoms with E-state index in [0.29, 0.717) is 11.3 Å². The first kappa shape index (κ1) is 12.9. The van der Waals surface area contributed by atoms with Crippen molar-refractivity contribution in [1.29, 1.82) is 0 Å². The Bertz CT molecular complexity index is 369. The average Bonchev–Trinajstić information content (AvgIpc) is 2.21. The fourth-order valence-corrected chi connectivity index (χ4v) is 1.51. The Labute approximate surface area is 93.7 Å². The van der Waals surface area contributed by atoms with Crippen molar-refractivity contribution in [2.45, 2.75) is 6.10 Å². The lowest BCUT2D eigenvalue weighted by atomic mass is 10.1. The molecule has 0 fully saturated rings. The molecule has 0 radical (unpaired) electrons. The number of hydrogen-bond donors (Lipinski definition) is 2. The number of halogens is 2. The molecule has 0 saturated carbocycles. The number of likely N-dealkylation sites (N-methyl/N-ethyl adjacent to an activating group) is 1. The van der Waals surface area contributed by atoms with Crippen molar-refractivity contribution in [3.63, 3.8) is 0 Å². The molecule has 16 heavy (non-hydrogen) atoms. The maximum Gasteiger partial charge on any atom is 0.160 e. The zero-order chi connectivity index (χ0) is 12.3. The highest BCUT2D eigenvalue weighted by Crippen LogP contribution is 2.27. The first-order valence-electron chi connectivity index (χ1n) is 4.96. The highest BCUT2D eigenvalue weighted by Gasteiger charge is 2.17. The van der Waals surface area contributed by atoms with Gasteiger partial charge in [-0.3, -0.25) is 0 Å². The van der Waals surface area contributed by atoms with Crippen molar-refractivity contribution in [3.8, 4) is 0 Å². The molecule has 0 aliphatic carbocycles. The monoisotopic (exact) mass is 230 g/mol. The Kier molecular flexibility index (Phi) is 4.20. The van der Waals surface area contributed by atoms with Crippen LogP contribution in [0.15, 0.2) is 12.1 Å². The van der Waals surface area contributed by atoms with E-state index in [1.165, 1.54) is 0 Å². The minimum atomic E-state index is -0.948. The van der Waals surface area contributed by atoms with Gasteiger partial charge in [0.15, 0.2) is 11.6 Å². The van der Waals surface area contributed by atoms with Crippen LogP contribution in [0, 0.1) is 11.6 Å². The number of nitrogens with zero attached hydrogens (tertiary/aromatic N) is 1. The van der Waals surface area contributed by atoms with Crippen molar-refractivity contribution < 1.29 is 13.9 Å². The minimum absolute atomic E-state index is 0.284. The van der Waals surface area contributed by atoms with E-state index < -0.39 is 17.7 Å². The number of anilines is 1. The molecular formula is C11H16F2N2O. The van der Waals surface area contributed by atoms with Crippen LogP contribution in [0.4, 0.5) is 14.5 Å². The normalized spacial score (nSPS) is 12.6. The molecule has 0 bridgehead atoms. The van der Waals surface area contributed by atoms with Crippen molar-refractivity contribution in [3.05, 3.63) is 29.3 Å². The second-order valence-electron chi connectivity index (χ2n) is 3.79. The zero-order valence-electron chi connectivity index (χ0n) is 9.59. The molecule has 0 aromatic heterocycles. The minimum Gasteiger partial charge on any atom is -0.387 e. The molecule has 1 unspecified atom stereocenters. The molecule has 5 heteroatoms. The van der Waals surface area contributed by atoms with E-state index in [4.69, 9.17) is 0 Å². The lowest BCUT2D eigenvalue weighted by Crippen LogP contribution is -2.20. The van der Waals surface area contributed by atoms with Crippen molar-refractivity contribution in [2.24, 2.45) is 0 Å². The van der Waals surface area contributed by atoms with E-state index in [9.17, 15) is 13.9 Å². The highest BCUT2D eigenvalue weighted by molar-refractivity contribution is 5.54. The number of rotatable bonds is 4. The summed E-state index contributed by atoms with van der Waals surface area (Å²) in [5.41, 5.74) is 0.847. The van der Waals surface area contributed by atoms with Gasteiger partial charge in [0.05, 0.1) is 6.10 Å². The number of hydrogen-bond acceptors (Lipinski definition) is 3. The van der Waals surface area contributed by atoms with Gasteiger partial charge in [0.25, 0.3) is 0 Å². The summed E-state index contributed by atoms with van der Waals surface area (Å²) in [6, 6.07) is 2.12. The quantitative estimate of drug-likeness (QED) is 0.818. The lowest BCUT2D eigenvalue weighted by molar-refractivity contribution is 0.177. The van der Waals surface area contributed by atoms with Crippen LogP contribution in [0.2, 0.25) is 0 Å². The standard InChI is InChI=1S/C11H16F2N2O/c1-14-6-11(16)7-4-8(12)9(13)5-10(7)15(2)3/h4-5,11,14,16H,6H2,1-3H3. The predicted octanol–water partition coefficient (Wildman–Crippen LogP) is 1.28. The van der Waals surface area contributed by atoms with Crippen LogP contribution in [-0.4, -0.2) is 32.8 Å². The Morgan fingerprint density at radius 3 is 2.38 bits per heavy atom. The van der Waals surface area contributed by atoms with Gasteiger partial charge in [0.1, 0.15) is 0 Å². The predicted molar refractivity (Wildman–Crippen MR) is 59.6 cm³/mol. The average molecular weight is 230 g/mol. The summed E-state index contributed by atoms with van der Waals surface area (Å²) in [6.45, 7) is 0.284. The molecule has 1 aromatic carbocycles. The highest BCUT2D eigenvalue weighted by atomic mass is 19.2. The summed E-state index contributed by atoms with van der Waals surface area (Å²) in [5, 5.41) is 12.6. The second kappa shape index (κ2) is 5.23. The maximum atomic E-state index is 13.1. The van der Waals surface area contributed by atoms with E-state index in [0.717, 1.165) is 12.1 Å². The molecular weight excluding hydrogens is 214 g/mol. The molecule has 0 amide bonds. The topological polar surface area (TPSA) is 35.5 Å². The Morgan fingerprint density at radius 1 is 1.31 bits per heavy atom. The summed E-state index contributed by atoms with van der Waals surface area (Å²) < 4.78 is 26.2. The molecule has 90 valence electrons. The summed E-state index contributed by atoms with van der Waals surface area (Å²) in [4.78, 5) is 1.64. The summed E-state index contributed by atoms with van der Waals surface area (Å²) in [5.74, 6) is -1.86. The van der Waals surface area contributed by atoms with Crippen LogP contribution < -0.4 is 10.2 Å². The van der Waals surface area contributed by atoms with Gasteiger partial charge < -0.3 is 15.3 Å². The second-order valence-corrected chi connectivity index (χ2v) is 3.79. The fourth-order valence-electron chi connectivity index (χ4n) is 1.51. The van der Waals surface area contributed by atoms with E-state index in [-0.39, 0.29) is 6.54 Å². The van der Waals surface area contributed by atoms with Gasteiger partial charge in [0, 0.05) is 38.0 Å². The fraction of sp³-hybridized carbons (Fsp3) is 0.455.